The molecule has 0 aliphatic carbocycles. The summed E-state index contributed by atoms with van der Waals surface area (Å²) in [5.41, 5.74) is 1.88. The maximum Gasteiger partial charge on any atom is 0.255 e. The molecule has 1 heterocycles. The minimum absolute atomic E-state index is 0.122. The number of aryl methyl sites for hydroxylation is 1. The normalized spacial score (nSPS) is 10.4. The van der Waals surface area contributed by atoms with Crippen molar-refractivity contribution in [3.8, 4) is 0 Å². The summed E-state index contributed by atoms with van der Waals surface area (Å²) < 4.78 is 12.9. The van der Waals surface area contributed by atoms with E-state index in [1.54, 1.807) is 12.1 Å². The quantitative estimate of drug-likeness (QED) is 0.594. The second kappa shape index (κ2) is 8.79. The van der Waals surface area contributed by atoms with E-state index >= 15 is 0 Å². The van der Waals surface area contributed by atoms with Gasteiger partial charge in [0, 0.05) is 21.5 Å². The molecule has 0 atom stereocenters. The lowest BCUT2D eigenvalue weighted by molar-refractivity contribution is -0.113. The molecule has 0 unspecified atom stereocenters. The monoisotopic (exact) mass is 401 g/mol. The number of carbonyl (C=O) groups is 2. The third kappa shape index (κ3) is 5.63. The Morgan fingerprint density at radius 2 is 1.78 bits per heavy atom. The molecule has 0 bridgehead atoms. The number of amides is 2. The van der Waals surface area contributed by atoms with Crippen molar-refractivity contribution >= 4 is 45.7 Å². The van der Waals surface area contributed by atoms with E-state index in [2.05, 4.69) is 15.6 Å². The molecule has 1 aromatic heterocycles. The molecule has 8 heteroatoms. The molecule has 0 saturated heterocycles. The summed E-state index contributed by atoms with van der Waals surface area (Å²) >= 11 is 2.78. The molecule has 2 N–H and O–H groups in total. The van der Waals surface area contributed by atoms with E-state index in [9.17, 15) is 14.0 Å². The molecule has 5 nitrogen and oxygen atoms in total. The van der Waals surface area contributed by atoms with E-state index in [0.29, 0.717) is 16.4 Å². The van der Waals surface area contributed by atoms with E-state index in [1.165, 1.54) is 47.4 Å². The zero-order valence-electron chi connectivity index (χ0n) is 14.4. The van der Waals surface area contributed by atoms with E-state index in [4.69, 9.17) is 0 Å². The standard InChI is InChI=1S/C19H16FN3O2S2/c1-12-10-27-19(21-12)23-17(24)11-26-16-8-6-15(7-9-16)22-18(25)13-2-4-14(20)5-3-13/h2-10H,11H2,1H3,(H,22,25)(H,21,23,24). The van der Waals surface area contributed by atoms with E-state index < -0.39 is 0 Å². The van der Waals surface area contributed by atoms with Crippen LogP contribution in [0.2, 0.25) is 0 Å². The molecule has 3 aromatic rings. The van der Waals surface area contributed by atoms with Crippen LogP contribution in [0.15, 0.2) is 58.8 Å². The Morgan fingerprint density at radius 3 is 2.41 bits per heavy atom. The van der Waals surface area contributed by atoms with Gasteiger partial charge in [-0.25, -0.2) is 9.37 Å². The number of carbonyl (C=O) groups excluding carboxylic acids is 2. The van der Waals surface area contributed by atoms with Crippen molar-refractivity contribution in [1.29, 1.82) is 0 Å². The van der Waals surface area contributed by atoms with Gasteiger partial charge in [0.15, 0.2) is 5.13 Å². The van der Waals surface area contributed by atoms with Crippen LogP contribution in [0, 0.1) is 12.7 Å². The molecular formula is C19H16FN3O2S2. The summed E-state index contributed by atoms with van der Waals surface area (Å²) in [6.45, 7) is 1.87. The third-order valence-electron chi connectivity index (χ3n) is 3.45. The molecule has 0 fully saturated rings. The highest BCUT2D eigenvalue weighted by atomic mass is 32.2. The van der Waals surface area contributed by atoms with Crippen molar-refractivity contribution in [1.82, 2.24) is 4.98 Å². The number of hydrogen-bond acceptors (Lipinski definition) is 5. The first-order chi connectivity index (χ1) is 13.0. The summed E-state index contributed by atoms with van der Waals surface area (Å²) in [4.78, 5) is 29.1. The molecule has 27 heavy (non-hydrogen) atoms. The lowest BCUT2D eigenvalue weighted by atomic mass is 10.2. The molecule has 0 saturated carbocycles. The highest BCUT2D eigenvalue weighted by molar-refractivity contribution is 8.00. The minimum Gasteiger partial charge on any atom is -0.322 e. The summed E-state index contributed by atoms with van der Waals surface area (Å²) in [5.74, 6) is -0.557. The van der Waals surface area contributed by atoms with Gasteiger partial charge in [0.25, 0.3) is 5.91 Å². The number of nitrogens with zero attached hydrogens (tertiary/aromatic N) is 1. The average Bonchev–Trinajstić information content (AvgIpc) is 3.06. The Bertz CT molecular complexity index is 940. The van der Waals surface area contributed by atoms with Crippen LogP contribution in [0.4, 0.5) is 15.2 Å². The lowest BCUT2D eigenvalue weighted by Crippen LogP contribution is -2.13. The van der Waals surface area contributed by atoms with Gasteiger partial charge >= 0.3 is 0 Å². The first-order valence-corrected chi connectivity index (χ1v) is 9.88. The second-order valence-electron chi connectivity index (χ2n) is 5.62. The largest absolute Gasteiger partial charge is 0.322 e. The zero-order valence-corrected chi connectivity index (χ0v) is 16.0. The number of halogens is 1. The number of aromatic nitrogens is 1. The predicted molar refractivity (Wildman–Crippen MR) is 107 cm³/mol. The number of thiazole rings is 1. The summed E-state index contributed by atoms with van der Waals surface area (Å²) in [5, 5.41) is 7.98. The summed E-state index contributed by atoms with van der Waals surface area (Å²) in [6, 6.07) is 12.5. The van der Waals surface area contributed by atoms with Gasteiger partial charge in [0.2, 0.25) is 5.91 Å². The Labute approximate surface area is 164 Å². The molecule has 2 aromatic carbocycles. The molecule has 138 valence electrons. The first-order valence-electron chi connectivity index (χ1n) is 8.01. The molecule has 0 spiro atoms. The van der Waals surface area contributed by atoms with Gasteiger partial charge < -0.3 is 10.6 Å². The van der Waals surface area contributed by atoms with Crippen molar-refractivity contribution in [2.75, 3.05) is 16.4 Å². The SMILES string of the molecule is Cc1csc(NC(=O)CSc2ccc(NC(=O)c3ccc(F)cc3)cc2)n1. The number of nitrogens with one attached hydrogen (secondary N) is 2. The van der Waals surface area contributed by atoms with Crippen molar-refractivity contribution in [3.05, 3.63) is 71.0 Å². The van der Waals surface area contributed by atoms with Crippen molar-refractivity contribution < 1.29 is 14.0 Å². The Hall–Kier alpha value is -2.71. The average molecular weight is 401 g/mol. The van der Waals surface area contributed by atoms with Gasteiger partial charge in [-0.15, -0.1) is 23.1 Å². The number of benzene rings is 2. The molecule has 0 aliphatic rings. The zero-order chi connectivity index (χ0) is 19.2. The van der Waals surface area contributed by atoms with E-state index in [-0.39, 0.29) is 23.4 Å². The van der Waals surface area contributed by atoms with Crippen LogP contribution in [0.3, 0.4) is 0 Å². The maximum absolute atomic E-state index is 12.9. The van der Waals surface area contributed by atoms with Crippen molar-refractivity contribution in [3.63, 3.8) is 0 Å². The van der Waals surface area contributed by atoms with Crippen LogP contribution in [0.25, 0.3) is 0 Å². The second-order valence-corrected chi connectivity index (χ2v) is 7.52. The fourth-order valence-corrected chi connectivity index (χ4v) is 3.56. The number of thioether (sulfide) groups is 1. The van der Waals surface area contributed by atoms with Crippen LogP contribution in [-0.2, 0) is 4.79 Å². The minimum atomic E-state index is -0.387. The summed E-state index contributed by atoms with van der Waals surface area (Å²) in [6.07, 6.45) is 0. The van der Waals surface area contributed by atoms with Gasteiger partial charge in [0.1, 0.15) is 5.82 Å². The maximum atomic E-state index is 12.9. The molecule has 2 amide bonds. The lowest BCUT2D eigenvalue weighted by Gasteiger charge is -2.07. The smallest absolute Gasteiger partial charge is 0.255 e. The topological polar surface area (TPSA) is 71.1 Å². The molecule has 0 radical (unpaired) electrons. The third-order valence-corrected chi connectivity index (χ3v) is 5.34. The van der Waals surface area contributed by atoms with Crippen LogP contribution >= 0.6 is 23.1 Å². The Kier molecular flexibility index (Phi) is 6.20. The molecular weight excluding hydrogens is 385 g/mol. The fourth-order valence-electron chi connectivity index (χ4n) is 2.15. The Morgan fingerprint density at radius 1 is 1.07 bits per heavy atom. The first kappa shape index (κ1) is 19.1. The van der Waals surface area contributed by atoms with Crippen molar-refractivity contribution in [2.24, 2.45) is 0 Å². The van der Waals surface area contributed by atoms with Crippen molar-refractivity contribution in [2.45, 2.75) is 11.8 Å². The highest BCUT2D eigenvalue weighted by Gasteiger charge is 2.08. The number of rotatable bonds is 6. The van der Waals surface area contributed by atoms with Gasteiger partial charge in [0.05, 0.1) is 11.4 Å². The number of anilines is 2. The predicted octanol–water partition coefficient (Wildman–Crippen LogP) is 4.57. The van der Waals surface area contributed by atoms with Crippen LogP contribution in [0.5, 0.6) is 0 Å². The number of hydrogen-bond donors (Lipinski definition) is 2. The fraction of sp³-hybridized carbons (Fsp3) is 0.105. The van der Waals surface area contributed by atoms with Gasteiger partial charge in [-0.05, 0) is 55.5 Å². The molecule has 3 rings (SSSR count). The Balaban J connectivity index is 1.50. The van der Waals surface area contributed by atoms with Crippen LogP contribution < -0.4 is 10.6 Å². The van der Waals surface area contributed by atoms with E-state index in [1.807, 2.05) is 24.4 Å². The molecule has 0 aliphatic heterocycles. The van der Waals surface area contributed by atoms with Crippen LogP contribution in [0.1, 0.15) is 16.1 Å². The van der Waals surface area contributed by atoms with Gasteiger partial charge in [-0.1, -0.05) is 0 Å². The summed E-state index contributed by atoms with van der Waals surface area (Å²) in [7, 11) is 0. The highest BCUT2D eigenvalue weighted by Crippen LogP contribution is 2.22. The van der Waals surface area contributed by atoms with Crippen LogP contribution in [-0.4, -0.2) is 22.6 Å². The van der Waals surface area contributed by atoms with E-state index in [0.717, 1.165) is 10.6 Å². The van der Waals surface area contributed by atoms with Gasteiger partial charge in [-0.3, -0.25) is 9.59 Å². The van der Waals surface area contributed by atoms with Gasteiger partial charge in [-0.2, -0.15) is 0 Å².